The Bertz CT molecular complexity index is 734. The van der Waals surface area contributed by atoms with E-state index in [1.165, 1.54) is 5.56 Å². The summed E-state index contributed by atoms with van der Waals surface area (Å²) in [6, 6.07) is 14.2. The molecule has 27 heavy (non-hydrogen) atoms. The van der Waals surface area contributed by atoms with E-state index in [9.17, 15) is 4.79 Å². The molecule has 1 aliphatic heterocycles. The number of amides is 1. The maximum Gasteiger partial charge on any atom is 0.257 e. The fourth-order valence-corrected chi connectivity index (χ4v) is 3.95. The van der Waals surface area contributed by atoms with E-state index >= 15 is 0 Å². The Labute approximate surface area is 161 Å². The summed E-state index contributed by atoms with van der Waals surface area (Å²) in [7, 11) is 0. The molecule has 2 aromatic rings. The Hall–Kier alpha value is -2.40. The lowest BCUT2D eigenvalue weighted by molar-refractivity contribution is -0.123. The summed E-state index contributed by atoms with van der Waals surface area (Å²) < 4.78 is 11.4. The van der Waals surface area contributed by atoms with Gasteiger partial charge in [-0.2, -0.15) is 0 Å². The van der Waals surface area contributed by atoms with Crippen LogP contribution in [0, 0.1) is 0 Å². The second kappa shape index (κ2) is 8.53. The number of nitrogens with zero attached hydrogens (tertiary/aromatic N) is 1. The highest BCUT2D eigenvalue weighted by atomic mass is 16.5. The second-order valence-corrected chi connectivity index (χ2v) is 7.76. The average Bonchev–Trinajstić information content (AvgIpc) is 2.67. The minimum atomic E-state index is -0.165. The molecule has 0 spiro atoms. The van der Waals surface area contributed by atoms with E-state index in [2.05, 4.69) is 48.4 Å². The predicted octanol–water partition coefficient (Wildman–Crippen LogP) is 3.49. The molecular formula is C22H28N2O3. The van der Waals surface area contributed by atoms with Crippen molar-refractivity contribution >= 4 is 5.91 Å². The first-order chi connectivity index (χ1) is 13.0. The van der Waals surface area contributed by atoms with Gasteiger partial charge in [-0.05, 0) is 50.8 Å². The van der Waals surface area contributed by atoms with Gasteiger partial charge >= 0.3 is 0 Å². The predicted molar refractivity (Wildman–Crippen MR) is 105 cm³/mol. The van der Waals surface area contributed by atoms with Gasteiger partial charge in [0.1, 0.15) is 5.75 Å². The number of carbonyl (C=O) groups is 1. The largest absolute Gasteiger partial charge is 0.482 e. The van der Waals surface area contributed by atoms with Crippen molar-refractivity contribution in [1.29, 1.82) is 0 Å². The first-order valence-electron chi connectivity index (χ1n) is 9.48. The third kappa shape index (κ3) is 5.30. The molecule has 0 unspecified atom stereocenters. The van der Waals surface area contributed by atoms with Gasteiger partial charge in [0, 0.05) is 24.8 Å². The summed E-state index contributed by atoms with van der Waals surface area (Å²) in [4.78, 5) is 16.1. The molecule has 1 aliphatic rings. The van der Waals surface area contributed by atoms with Crippen molar-refractivity contribution in [1.82, 2.24) is 10.3 Å². The molecule has 1 N–H and O–H groups in total. The van der Waals surface area contributed by atoms with Gasteiger partial charge in [-0.3, -0.25) is 9.78 Å². The van der Waals surface area contributed by atoms with Gasteiger partial charge < -0.3 is 14.8 Å². The number of pyridine rings is 1. The van der Waals surface area contributed by atoms with Crippen molar-refractivity contribution in [3.05, 3.63) is 60.4 Å². The summed E-state index contributed by atoms with van der Waals surface area (Å²) in [5.74, 6) is 0.480. The molecule has 0 saturated carbocycles. The van der Waals surface area contributed by atoms with E-state index < -0.39 is 0 Å². The number of nitrogens with one attached hydrogen (secondary N) is 1. The minimum absolute atomic E-state index is 0.00135. The molecule has 0 aliphatic carbocycles. The zero-order chi connectivity index (χ0) is 19.2. The molecule has 1 amide bonds. The Balaban J connectivity index is 1.58. The molecule has 0 radical (unpaired) electrons. The highest BCUT2D eigenvalue weighted by Crippen LogP contribution is 2.43. The summed E-state index contributed by atoms with van der Waals surface area (Å²) in [5, 5.41) is 3.00. The summed E-state index contributed by atoms with van der Waals surface area (Å²) in [6.45, 7) is 5.63. The quantitative estimate of drug-likeness (QED) is 0.813. The number of hydrogen-bond acceptors (Lipinski definition) is 4. The highest BCUT2D eigenvalue weighted by molar-refractivity contribution is 5.77. The van der Waals surface area contributed by atoms with Crippen molar-refractivity contribution in [3.63, 3.8) is 0 Å². The van der Waals surface area contributed by atoms with Crippen molar-refractivity contribution in [2.75, 3.05) is 19.8 Å². The molecule has 1 aromatic carbocycles. The normalized spacial score (nSPS) is 21.4. The monoisotopic (exact) mass is 368 g/mol. The van der Waals surface area contributed by atoms with Gasteiger partial charge in [0.25, 0.3) is 5.91 Å². The number of carbonyl (C=O) groups excluding carboxylic acids is 1. The Kier molecular flexibility index (Phi) is 6.11. The average molecular weight is 368 g/mol. The Morgan fingerprint density at radius 1 is 1.22 bits per heavy atom. The van der Waals surface area contributed by atoms with Crippen molar-refractivity contribution in [3.8, 4) is 5.75 Å². The van der Waals surface area contributed by atoms with E-state index in [1.54, 1.807) is 24.5 Å². The van der Waals surface area contributed by atoms with E-state index in [4.69, 9.17) is 9.47 Å². The maximum atomic E-state index is 12.1. The van der Waals surface area contributed by atoms with Crippen LogP contribution in [0.2, 0.25) is 0 Å². The van der Waals surface area contributed by atoms with Gasteiger partial charge in [0.2, 0.25) is 0 Å². The van der Waals surface area contributed by atoms with Gasteiger partial charge in [0.15, 0.2) is 6.61 Å². The molecule has 0 bridgehead atoms. The summed E-state index contributed by atoms with van der Waals surface area (Å²) in [5.41, 5.74) is 1.17. The number of ether oxygens (including phenoxy) is 2. The second-order valence-electron chi connectivity index (χ2n) is 7.76. The van der Waals surface area contributed by atoms with Crippen molar-refractivity contribution in [2.24, 2.45) is 0 Å². The van der Waals surface area contributed by atoms with Crippen LogP contribution in [0.25, 0.3) is 0 Å². The standard InChI is InChI=1S/C22H28N2O3/c1-21(2)17-22(11-14-27-21,18-7-4-3-5-8-18)10-13-24-20(25)16-26-19-9-6-12-23-15-19/h3-9,12,15H,10-11,13-14,16-17H2,1-2H3,(H,24,25)/t22-/m1/s1. The third-order valence-electron chi connectivity index (χ3n) is 5.15. The maximum absolute atomic E-state index is 12.1. The minimum Gasteiger partial charge on any atom is -0.482 e. The molecule has 144 valence electrons. The summed E-state index contributed by atoms with van der Waals surface area (Å²) in [6.07, 6.45) is 6.05. The highest BCUT2D eigenvalue weighted by Gasteiger charge is 2.41. The van der Waals surface area contributed by atoms with Crippen LogP contribution in [-0.2, 0) is 14.9 Å². The van der Waals surface area contributed by atoms with Crippen LogP contribution in [0.4, 0.5) is 0 Å². The number of benzene rings is 1. The Morgan fingerprint density at radius 2 is 2.04 bits per heavy atom. The Morgan fingerprint density at radius 3 is 2.74 bits per heavy atom. The molecule has 5 heteroatoms. The van der Waals surface area contributed by atoms with Crippen LogP contribution in [0.1, 0.15) is 38.7 Å². The van der Waals surface area contributed by atoms with E-state index in [-0.39, 0.29) is 23.5 Å². The van der Waals surface area contributed by atoms with Crippen LogP contribution in [0.3, 0.4) is 0 Å². The molecular weight excluding hydrogens is 340 g/mol. The SMILES string of the molecule is CC1(C)C[C@](CCNC(=O)COc2cccnc2)(c2ccccc2)CCO1. The number of aromatic nitrogens is 1. The van der Waals surface area contributed by atoms with Crippen LogP contribution in [0.15, 0.2) is 54.9 Å². The topological polar surface area (TPSA) is 60.5 Å². The number of hydrogen-bond donors (Lipinski definition) is 1. The van der Waals surface area contributed by atoms with E-state index in [0.29, 0.717) is 12.3 Å². The molecule has 2 heterocycles. The third-order valence-corrected chi connectivity index (χ3v) is 5.15. The fraction of sp³-hybridized carbons (Fsp3) is 0.455. The lowest BCUT2D eigenvalue weighted by Crippen LogP contribution is -2.46. The lowest BCUT2D eigenvalue weighted by Gasteiger charge is -2.45. The molecule has 1 fully saturated rings. The van der Waals surface area contributed by atoms with Crippen molar-refractivity contribution in [2.45, 2.75) is 44.1 Å². The molecule has 5 nitrogen and oxygen atoms in total. The number of rotatable bonds is 7. The van der Waals surface area contributed by atoms with Crippen LogP contribution in [-0.4, -0.2) is 36.3 Å². The summed E-state index contributed by atoms with van der Waals surface area (Å²) >= 11 is 0. The van der Waals surface area contributed by atoms with Gasteiger partial charge in [0.05, 0.1) is 11.8 Å². The van der Waals surface area contributed by atoms with Crippen LogP contribution >= 0.6 is 0 Å². The van der Waals surface area contributed by atoms with Crippen molar-refractivity contribution < 1.29 is 14.3 Å². The van der Waals surface area contributed by atoms with Gasteiger partial charge in [-0.25, -0.2) is 0 Å². The van der Waals surface area contributed by atoms with E-state index in [0.717, 1.165) is 25.9 Å². The van der Waals surface area contributed by atoms with Gasteiger partial charge in [-0.15, -0.1) is 0 Å². The smallest absolute Gasteiger partial charge is 0.257 e. The zero-order valence-corrected chi connectivity index (χ0v) is 16.1. The lowest BCUT2D eigenvalue weighted by atomic mass is 9.67. The zero-order valence-electron chi connectivity index (χ0n) is 16.1. The van der Waals surface area contributed by atoms with Crippen LogP contribution in [0.5, 0.6) is 5.75 Å². The van der Waals surface area contributed by atoms with Crippen LogP contribution < -0.4 is 10.1 Å². The first-order valence-corrected chi connectivity index (χ1v) is 9.48. The molecule has 1 aromatic heterocycles. The molecule has 3 rings (SSSR count). The fourth-order valence-electron chi connectivity index (χ4n) is 3.95. The first kappa shape index (κ1) is 19.4. The van der Waals surface area contributed by atoms with Gasteiger partial charge in [-0.1, -0.05) is 30.3 Å². The molecule has 1 atom stereocenters. The van der Waals surface area contributed by atoms with E-state index in [1.807, 2.05) is 6.07 Å². The molecule has 1 saturated heterocycles.